The number of hydrogen-bond acceptors (Lipinski definition) is 1. The predicted molar refractivity (Wildman–Crippen MR) is 90.3 cm³/mol. The Kier molecular flexibility index (Phi) is 6.08. The highest BCUT2D eigenvalue weighted by molar-refractivity contribution is 9.10. The summed E-state index contributed by atoms with van der Waals surface area (Å²) in [6.45, 7) is 3.09. The molecule has 0 aromatic heterocycles. The van der Waals surface area contributed by atoms with E-state index >= 15 is 0 Å². The van der Waals surface area contributed by atoms with Crippen LogP contribution in [0.2, 0.25) is 5.02 Å². The predicted octanol–water partition coefficient (Wildman–Crippen LogP) is 5.39. The summed E-state index contributed by atoms with van der Waals surface area (Å²) in [7, 11) is 0. The quantitative estimate of drug-likeness (QED) is 0.735. The lowest BCUT2D eigenvalue weighted by molar-refractivity contribution is 0.514. The van der Waals surface area contributed by atoms with Gasteiger partial charge in [0.25, 0.3) is 0 Å². The Bertz CT molecular complexity index is 542. The molecule has 3 heteroatoms. The Morgan fingerprint density at radius 2 is 1.90 bits per heavy atom. The molecule has 1 atom stereocenters. The normalized spacial score (nSPS) is 12.3. The van der Waals surface area contributed by atoms with E-state index < -0.39 is 0 Å². The van der Waals surface area contributed by atoms with Crippen LogP contribution in [0.3, 0.4) is 0 Å². The first-order valence-corrected chi connectivity index (χ1v) is 8.10. The number of benzene rings is 2. The third-order valence-electron chi connectivity index (χ3n) is 3.35. The van der Waals surface area contributed by atoms with E-state index in [-0.39, 0.29) is 0 Å². The first-order chi connectivity index (χ1) is 9.70. The van der Waals surface area contributed by atoms with Crippen molar-refractivity contribution in [3.63, 3.8) is 0 Å². The minimum Gasteiger partial charge on any atom is -0.310 e. The second-order valence-corrected chi connectivity index (χ2v) is 6.09. The fourth-order valence-electron chi connectivity index (χ4n) is 2.35. The lowest BCUT2D eigenvalue weighted by Crippen LogP contribution is -2.21. The van der Waals surface area contributed by atoms with Gasteiger partial charge in [0.2, 0.25) is 0 Å². The van der Waals surface area contributed by atoms with Gasteiger partial charge in [0.05, 0.1) is 0 Å². The van der Waals surface area contributed by atoms with Gasteiger partial charge in [0.15, 0.2) is 0 Å². The highest BCUT2D eigenvalue weighted by Gasteiger charge is 2.13. The number of nitrogens with one attached hydrogen (secondary N) is 1. The smallest absolute Gasteiger partial charge is 0.0417 e. The summed E-state index contributed by atoms with van der Waals surface area (Å²) in [6, 6.07) is 17.0. The molecule has 0 spiro atoms. The third-order valence-corrected chi connectivity index (χ3v) is 4.27. The van der Waals surface area contributed by atoms with E-state index in [9.17, 15) is 0 Å². The molecule has 0 amide bonds. The summed E-state index contributed by atoms with van der Waals surface area (Å²) in [5.41, 5.74) is 2.65. The summed E-state index contributed by atoms with van der Waals surface area (Å²) in [6.07, 6.45) is 2.13. The molecule has 0 saturated heterocycles. The Morgan fingerprint density at radius 3 is 2.55 bits per heavy atom. The summed E-state index contributed by atoms with van der Waals surface area (Å²) in [5, 5.41) is 4.32. The molecule has 2 aromatic rings. The molecule has 0 aliphatic heterocycles. The van der Waals surface area contributed by atoms with E-state index in [1.807, 2.05) is 12.1 Å². The van der Waals surface area contributed by atoms with Crippen LogP contribution < -0.4 is 5.32 Å². The number of aryl methyl sites for hydroxylation is 1. The molecule has 0 saturated carbocycles. The van der Waals surface area contributed by atoms with E-state index in [2.05, 4.69) is 64.6 Å². The average molecular weight is 353 g/mol. The lowest BCUT2D eigenvalue weighted by atomic mass is 9.99. The Balaban J connectivity index is 2.10. The highest BCUT2D eigenvalue weighted by atomic mass is 79.9. The molecule has 2 rings (SSSR count). The monoisotopic (exact) mass is 351 g/mol. The maximum Gasteiger partial charge on any atom is 0.0417 e. The van der Waals surface area contributed by atoms with Crippen LogP contribution in [0.5, 0.6) is 0 Å². The van der Waals surface area contributed by atoms with Gasteiger partial charge in [-0.1, -0.05) is 70.9 Å². The van der Waals surface area contributed by atoms with Crippen LogP contribution >= 0.6 is 27.5 Å². The zero-order valence-electron chi connectivity index (χ0n) is 11.6. The summed E-state index contributed by atoms with van der Waals surface area (Å²) in [4.78, 5) is 0. The van der Waals surface area contributed by atoms with E-state index in [1.54, 1.807) is 0 Å². The molecule has 0 aliphatic rings. The van der Waals surface area contributed by atoms with Crippen molar-refractivity contribution in [3.8, 4) is 0 Å². The molecule has 106 valence electrons. The average Bonchev–Trinajstić information content (AvgIpc) is 2.45. The van der Waals surface area contributed by atoms with Gasteiger partial charge in [0, 0.05) is 15.5 Å². The first-order valence-electron chi connectivity index (χ1n) is 6.93. The van der Waals surface area contributed by atoms with Crippen LogP contribution in [0.1, 0.15) is 30.5 Å². The van der Waals surface area contributed by atoms with E-state index in [0.717, 1.165) is 28.9 Å². The van der Waals surface area contributed by atoms with Gasteiger partial charge in [-0.2, -0.15) is 0 Å². The van der Waals surface area contributed by atoms with Gasteiger partial charge in [-0.05, 0) is 42.6 Å². The van der Waals surface area contributed by atoms with Crippen LogP contribution in [-0.2, 0) is 6.42 Å². The number of hydrogen-bond donors (Lipinski definition) is 1. The maximum atomic E-state index is 6.02. The molecule has 1 nitrogen and oxygen atoms in total. The Hall–Kier alpha value is -0.830. The first kappa shape index (κ1) is 15.6. The van der Waals surface area contributed by atoms with Crippen LogP contribution in [-0.4, -0.2) is 6.54 Å². The van der Waals surface area contributed by atoms with Crippen molar-refractivity contribution in [2.24, 2.45) is 0 Å². The van der Waals surface area contributed by atoms with Crippen LogP contribution in [0.15, 0.2) is 53.0 Å². The van der Waals surface area contributed by atoms with Crippen molar-refractivity contribution in [1.29, 1.82) is 0 Å². The van der Waals surface area contributed by atoms with Crippen LogP contribution in [0, 0.1) is 0 Å². The number of rotatable bonds is 6. The zero-order valence-corrected chi connectivity index (χ0v) is 13.9. The van der Waals surface area contributed by atoms with Crippen molar-refractivity contribution < 1.29 is 0 Å². The lowest BCUT2D eigenvalue weighted by Gasteiger charge is -2.20. The number of halogens is 2. The summed E-state index contributed by atoms with van der Waals surface area (Å²) in [5.74, 6) is 0. The SMILES string of the molecule is CCNC(CCc1ccccc1)c1ccc(Cl)cc1Br. The maximum absolute atomic E-state index is 6.02. The summed E-state index contributed by atoms with van der Waals surface area (Å²) < 4.78 is 1.07. The molecule has 0 fully saturated rings. The fraction of sp³-hybridized carbons (Fsp3) is 0.294. The highest BCUT2D eigenvalue weighted by Crippen LogP contribution is 2.29. The zero-order chi connectivity index (χ0) is 14.4. The standard InChI is InChI=1S/C17H19BrClN/c1-2-20-17(11-8-13-6-4-3-5-7-13)15-10-9-14(19)12-16(15)18/h3-7,9-10,12,17,20H,2,8,11H2,1H3. The topological polar surface area (TPSA) is 12.0 Å². The third kappa shape index (κ3) is 4.34. The minimum absolute atomic E-state index is 0.340. The Labute approximate surface area is 134 Å². The second-order valence-electron chi connectivity index (χ2n) is 4.80. The van der Waals surface area contributed by atoms with Gasteiger partial charge < -0.3 is 5.32 Å². The Morgan fingerprint density at radius 1 is 1.15 bits per heavy atom. The van der Waals surface area contributed by atoms with Gasteiger partial charge in [-0.3, -0.25) is 0 Å². The van der Waals surface area contributed by atoms with Gasteiger partial charge >= 0.3 is 0 Å². The minimum atomic E-state index is 0.340. The van der Waals surface area contributed by atoms with E-state index in [0.29, 0.717) is 6.04 Å². The molecule has 0 radical (unpaired) electrons. The van der Waals surface area contributed by atoms with Crippen molar-refractivity contribution in [2.75, 3.05) is 6.54 Å². The molecule has 2 aromatic carbocycles. The van der Waals surface area contributed by atoms with Crippen molar-refractivity contribution in [2.45, 2.75) is 25.8 Å². The molecule has 0 aliphatic carbocycles. The van der Waals surface area contributed by atoms with Crippen LogP contribution in [0.4, 0.5) is 0 Å². The molecule has 0 bridgehead atoms. The molecule has 0 heterocycles. The molecular weight excluding hydrogens is 334 g/mol. The van der Waals surface area contributed by atoms with Gasteiger partial charge in [-0.15, -0.1) is 0 Å². The molecule has 1 unspecified atom stereocenters. The van der Waals surface area contributed by atoms with E-state index in [4.69, 9.17) is 11.6 Å². The van der Waals surface area contributed by atoms with Crippen molar-refractivity contribution in [3.05, 3.63) is 69.2 Å². The summed E-state index contributed by atoms with van der Waals surface area (Å²) >= 11 is 9.64. The van der Waals surface area contributed by atoms with Crippen LogP contribution in [0.25, 0.3) is 0 Å². The molecular formula is C17H19BrClN. The molecule has 20 heavy (non-hydrogen) atoms. The van der Waals surface area contributed by atoms with E-state index in [1.165, 1.54) is 11.1 Å². The second kappa shape index (κ2) is 7.82. The van der Waals surface area contributed by atoms with Gasteiger partial charge in [0.1, 0.15) is 0 Å². The van der Waals surface area contributed by atoms with Gasteiger partial charge in [-0.25, -0.2) is 0 Å². The fourth-order valence-corrected chi connectivity index (χ4v) is 3.31. The largest absolute Gasteiger partial charge is 0.310 e. The van der Waals surface area contributed by atoms with Crippen molar-refractivity contribution in [1.82, 2.24) is 5.32 Å². The molecule has 1 N–H and O–H groups in total. The van der Waals surface area contributed by atoms with Crippen molar-refractivity contribution >= 4 is 27.5 Å².